The highest BCUT2D eigenvalue weighted by atomic mass is 16.5. The van der Waals surface area contributed by atoms with E-state index in [1.807, 2.05) is 11.8 Å². The van der Waals surface area contributed by atoms with Crippen LogP contribution < -0.4 is 5.73 Å². The number of H-pyrrole nitrogens is 2. The second-order valence-electron chi connectivity index (χ2n) is 10.2. The molecule has 198 valence electrons. The number of rotatable bonds is 7. The number of carbonyl (C=O) groups is 2. The Balaban J connectivity index is 1.09. The van der Waals surface area contributed by atoms with Gasteiger partial charge in [-0.25, -0.2) is 4.79 Å². The van der Waals surface area contributed by atoms with Crippen LogP contribution in [0.2, 0.25) is 0 Å². The van der Waals surface area contributed by atoms with E-state index in [1.54, 1.807) is 13.1 Å². The van der Waals surface area contributed by atoms with Crippen molar-refractivity contribution in [2.75, 3.05) is 32.8 Å². The Morgan fingerprint density at radius 3 is 2.62 bits per heavy atom. The lowest BCUT2D eigenvalue weighted by atomic mass is 9.92. The standard InChI is InChI=1S/C26H36N8O3/c1-3-37-26(36)24-29-23(31-32-24)18-4-8-33(9-5-18)20-6-10-34(11-7-20)25(35)21(27)14-17-12-16(2)22-19(13-17)15-28-30-22/h12-13,15,18,20-21H,3-11,14,27H2,1-2H3,(H,28,30)(H,29,31,32)/t21-/m1/s1. The molecule has 0 unspecified atom stereocenters. The van der Waals surface area contributed by atoms with Crippen LogP contribution in [0, 0.1) is 6.92 Å². The highest BCUT2D eigenvalue weighted by Crippen LogP contribution is 2.29. The highest BCUT2D eigenvalue weighted by molar-refractivity contribution is 5.85. The van der Waals surface area contributed by atoms with Crippen LogP contribution in [0.25, 0.3) is 10.9 Å². The Bertz CT molecular complexity index is 1240. The van der Waals surface area contributed by atoms with Crippen molar-refractivity contribution in [2.24, 2.45) is 5.73 Å². The molecule has 0 bridgehead atoms. The third-order valence-electron chi connectivity index (χ3n) is 7.76. The minimum Gasteiger partial charge on any atom is -0.460 e. The van der Waals surface area contributed by atoms with E-state index in [2.05, 4.69) is 42.4 Å². The van der Waals surface area contributed by atoms with E-state index >= 15 is 0 Å². The molecule has 5 rings (SSSR count). The Kier molecular flexibility index (Phi) is 7.52. The number of likely N-dealkylation sites (tertiary alicyclic amines) is 2. The van der Waals surface area contributed by atoms with Crippen LogP contribution in [-0.2, 0) is 16.0 Å². The Morgan fingerprint density at radius 1 is 1.14 bits per heavy atom. The van der Waals surface area contributed by atoms with Gasteiger partial charge < -0.3 is 25.3 Å². The number of aryl methyl sites for hydroxylation is 1. The average Bonchev–Trinajstić information content (AvgIpc) is 3.59. The number of esters is 1. The van der Waals surface area contributed by atoms with Gasteiger partial charge in [-0.05, 0) is 76.2 Å². The van der Waals surface area contributed by atoms with Crippen LogP contribution in [0.15, 0.2) is 18.3 Å². The second kappa shape index (κ2) is 11.0. The number of nitrogens with two attached hydrogens (primary N) is 1. The SMILES string of the molecule is CCOC(=O)c1nnc(C2CCN(C3CCN(C(=O)[C@H](N)Cc4cc(C)c5[nH]ncc5c4)CC3)CC2)[nH]1. The minimum absolute atomic E-state index is 0.0322. The lowest BCUT2D eigenvalue weighted by molar-refractivity contribution is -0.134. The number of ether oxygens (including phenoxy) is 1. The second-order valence-corrected chi connectivity index (χ2v) is 10.2. The van der Waals surface area contributed by atoms with Gasteiger partial charge in [-0.1, -0.05) is 6.07 Å². The smallest absolute Gasteiger partial charge is 0.376 e. The minimum atomic E-state index is -0.544. The quantitative estimate of drug-likeness (QED) is 0.410. The fourth-order valence-corrected chi connectivity index (χ4v) is 5.75. The van der Waals surface area contributed by atoms with Crippen molar-refractivity contribution >= 4 is 22.8 Å². The predicted octanol–water partition coefficient (Wildman–Crippen LogP) is 1.91. The van der Waals surface area contributed by atoms with Crippen molar-refractivity contribution in [2.45, 2.75) is 64.0 Å². The summed E-state index contributed by atoms with van der Waals surface area (Å²) in [5.74, 6) is 0.765. The number of hydrogen-bond acceptors (Lipinski definition) is 8. The normalized spacial score (nSPS) is 18.8. The van der Waals surface area contributed by atoms with Crippen LogP contribution in [0.3, 0.4) is 0 Å². The maximum atomic E-state index is 13.1. The number of hydrogen-bond donors (Lipinski definition) is 3. The zero-order chi connectivity index (χ0) is 25.9. The van der Waals surface area contributed by atoms with Crippen molar-refractivity contribution in [3.63, 3.8) is 0 Å². The summed E-state index contributed by atoms with van der Waals surface area (Å²) in [5.41, 5.74) is 9.56. The molecule has 4 heterocycles. The van der Waals surface area contributed by atoms with Crippen LogP contribution in [0.4, 0.5) is 0 Å². The Hall–Kier alpha value is -3.31. The Morgan fingerprint density at radius 2 is 1.89 bits per heavy atom. The summed E-state index contributed by atoms with van der Waals surface area (Å²) in [6.07, 6.45) is 6.16. The number of aromatic amines is 2. The molecule has 0 spiro atoms. The van der Waals surface area contributed by atoms with Gasteiger partial charge in [0.05, 0.1) is 24.4 Å². The van der Waals surface area contributed by atoms with E-state index in [0.717, 1.165) is 79.7 Å². The van der Waals surface area contributed by atoms with E-state index < -0.39 is 12.0 Å². The summed E-state index contributed by atoms with van der Waals surface area (Å²) < 4.78 is 4.99. The van der Waals surface area contributed by atoms with E-state index in [1.165, 1.54) is 0 Å². The summed E-state index contributed by atoms with van der Waals surface area (Å²) in [4.78, 5) is 32.5. The number of amides is 1. The van der Waals surface area contributed by atoms with E-state index in [9.17, 15) is 9.59 Å². The number of piperidine rings is 2. The molecule has 1 atom stereocenters. The number of aromatic nitrogens is 5. The fourth-order valence-electron chi connectivity index (χ4n) is 5.75. The molecule has 37 heavy (non-hydrogen) atoms. The predicted molar refractivity (Wildman–Crippen MR) is 138 cm³/mol. The van der Waals surface area contributed by atoms with Crippen molar-refractivity contribution in [1.82, 2.24) is 35.2 Å². The molecule has 11 nitrogen and oxygen atoms in total. The third kappa shape index (κ3) is 5.52. The molecule has 2 aliphatic rings. The topological polar surface area (TPSA) is 146 Å². The number of benzene rings is 1. The van der Waals surface area contributed by atoms with E-state index in [0.29, 0.717) is 19.1 Å². The summed E-state index contributed by atoms with van der Waals surface area (Å²) in [5, 5.41) is 16.3. The Labute approximate surface area is 216 Å². The molecule has 11 heteroatoms. The van der Waals surface area contributed by atoms with Gasteiger partial charge in [0.1, 0.15) is 5.82 Å². The molecule has 1 aromatic carbocycles. The first-order chi connectivity index (χ1) is 17.9. The maximum absolute atomic E-state index is 13.1. The van der Waals surface area contributed by atoms with Crippen LogP contribution >= 0.6 is 0 Å². The van der Waals surface area contributed by atoms with Crippen LogP contribution in [-0.4, -0.2) is 91.9 Å². The van der Waals surface area contributed by atoms with Gasteiger partial charge in [-0.15, -0.1) is 10.2 Å². The van der Waals surface area contributed by atoms with Gasteiger partial charge in [-0.2, -0.15) is 5.10 Å². The average molecular weight is 509 g/mol. The number of nitrogens with zero attached hydrogens (tertiary/aromatic N) is 5. The lowest BCUT2D eigenvalue weighted by Crippen LogP contribution is -2.52. The van der Waals surface area contributed by atoms with Gasteiger partial charge in [-0.3, -0.25) is 9.89 Å². The number of nitrogens with one attached hydrogen (secondary N) is 2. The zero-order valence-electron chi connectivity index (χ0n) is 21.6. The third-order valence-corrected chi connectivity index (χ3v) is 7.76. The largest absolute Gasteiger partial charge is 0.460 e. The van der Waals surface area contributed by atoms with Crippen molar-refractivity contribution < 1.29 is 14.3 Å². The maximum Gasteiger partial charge on any atom is 0.376 e. The molecule has 0 radical (unpaired) electrons. The molecular weight excluding hydrogens is 472 g/mol. The molecule has 4 N–H and O–H groups in total. The highest BCUT2D eigenvalue weighted by Gasteiger charge is 2.32. The zero-order valence-corrected chi connectivity index (χ0v) is 21.6. The molecule has 2 aromatic heterocycles. The van der Waals surface area contributed by atoms with Crippen molar-refractivity contribution in [3.05, 3.63) is 41.1 Å². The first-order valence-electron chi connectivity index (χ1n) is 13.2. The number of fused-ring (bicyclic) bond motifs is 1. The first-order valence-corrected chi connectivity index (χ1v) is 13.2. The van der Waals surface area contributed by atoms with E-state index in [4.69, 9.17) is 10.5 Å². The van der Waals surface area contributed by atoms with Gasteiger partial charge in [0.15, 0.2) is 0 Å². The van der Waals surface area contributed by atoms with Crippen LogP contribution in [0.1, 0.15) is 66.1 Å². The van der Waals surface area contributed by atoms with E-state index in [-0.39, 0.29) is 17.6 Å². The first kappa shape index (κ1) is 25.3. The molecule has 0 aliphatic carbocycles. The molecule has 2 fully saturated rings. The molecule has 0 saturated carbocycles. The molecule has 2 aliphatic heterocycles. The van der Waals surface area contributed by atoms with Crippen molar-refractivity contribution in [3.8, 4) is 0 Å². The summed E-state index contributed by atoms with van der Waals surface area (Å²) in [6, 6.07) is 4.07. The van der Waals surface area contributed by atoms with Gasteiger partial charge in [0, 0.05) is 30.4 Å². The monoisotopic (exact) mass is 508 g/mol. The van der Waals surface area contributed by atoms with Crippen molar-refractivity contribution in [1.29, 1.82) is 0 Å². The molecular formula is C26H36N8O3. The summed E-state index contributed by atoms with van der Waals surface area (Å²) in [7, 11) is 0. The fraction of sp³-hybridized carbons (Fsp3) is 0.577. The van der Waals surface area contributed by atoms with Crippen LogP contribution in [0.5, 0.6) is 0 Å². The summed E-state index contributed by atoms with van der Waals surface area (Å²) in [6.45, 7) is 7.53. The molecule has 1 amide bonds. The number of carbonyl (C=O) groups excluding carboxylic acids is 2. The molecule has 2 saturated heterocycles. The van der Waals surface area contributed by atoms with Gasteiger partial charge in [0.2, 0.25) is 11.7 Å². The lowest BCUT2D eigenvalue weighted by Gasteiger charge is -2.42. The van der Waals surface area contributed by atoms with Gasteiger partial charge in [0.25, 0.3) is 0 Å². The molecule has 3 aromatic rings. The van der Waals surface area contributed by atoms with Gasteiger partial charge >= 0.3 is 5.97 Å². The summed E-state index contributed by atoms with van der Waals surface area (Å²) >= 11 is 0.